The Morgan fingerprint density at radius 3 is 1.63 bits per heavy atom. The molecule has 0 aromatic carbocycles. The molecule has 2 aromatic rings. The molecule has 0 radical (unpaired) electrons. The summed E-state index contributed by atoms with van der Waals surface area (Å²) >= 11 is 0. The summed E-state index contributed by atoms with van der Waals surface area (Å²) in [6.07, 6.45) is 2.35. The summed E-state index contributed by atoms with van der Waals surface area (Å²) in [5.74, 6) is 2.23. The summed E-state index contributed by atoms with van der Waals surface area (Å²) in [6.45, 7) is 0. The van der Waals surface area contributed by atoms with Gasteiger partial charge in [-0.25, -0.2) is 30.2 Å². The maximum Gasteiger partial charge on any atom is 0.356 e. The number of hydrogen-bond donors (Lipinski definition) is 3. The zero-order valence-electron chi connectivity index (χ0n) is 14.3. The average Bonchev–Trinajstić information content (AvgIpc) is 2.72. The number of aromatic nitrogens is 2. The van der Waals surface area contributed by atoms with Crippen LogP contribution in [0.1, 0.15) is 41.7 Å². The molecule has 0 aliphatic carbocycles. The molecular weight excluding hydrogens is 360 g/mol. The monoisotopic (exact) mass is 376 g/mol. The normalized spacial score (nSPS) is 9.30. The van der Waals surface area contributed by atoms with E-state index in [1.165, 1.54) is 44.7 Å². The van der Waals surface area contributed by atoms with E-state index in [0.29, 0.717) is 0 Å². The van der Waals surface area contributed by atoms with Gasteiger partial charge in [0.05, 0.1) is 25.3 Å². The van der Waals surface area contributed by atoms with E-state index in [1.54, 1.807) is 0 Å². The van der Waals surface area contributed by atoms with E-state index in [4.69, 9.17) is 10.9 Å². The Bertz CT molecular complexity index is 785. The van der Waals surface area contributed by atoms with Gasteiger partial charge < -0.3 is 14.6 Å². The highest BCUT2D eigenvalue weighted by Crippen LogP contribution is 2.02. The van der Waals surface area contributed by atoms with Gasteiger partial charge in [-0.2, -0.15) is 0 Å². The molecule has 1 amide bonds. The second kappa shape index (κ2) is 10.2. The van der Waals surface area contributed by atoms with Crippen molar-refractivity contribution < 1.29 is 33.8 Å². The number of ether oxygens (including phenoxy) is 2. The van der Waals surface area contributed by atoms with Crippen LogP contribution in [0.15, 0.2) is 36.7 Å². The third kappa shape index (κ3) is 6.17. The molecule has 0 unspecified atom stereocenters. The van der Waals surface area contributed by atoms with E-state index >= 15 is 0 Å². The van der Waals surface area contributed by atoms with Crippen molar-refractivity contribution in [2.45, 2.75) is 0 Å². The van der Waals surface area contributed by atoms with Crippen LogP contribution < -0.4 is 11.3 Å². The van der Waals surface area contributed by atoms with Gasteiger partial charge in [-0.1, -0.05) is 0 Å². The van der Waals surface area contributed by atoms with Crippen molar-refractivity contribution in [1.29, 1.82) is 0 Å². The van der Waals surface area contributed by atoms with Crippen LogP contribution in [0.3, 0.4) is 0 Å². The van der Waals surface area contributed by atoms with E-state index in [9.17, 15) is 19.2 Å². The average molecular weight is 376 g/mol. The van der Waals surface area contributed by atoms with Crippen LogP contribution in [-0.2, 0) is 9.47 Å². The minimum Gasteiger partial charge on any atom is -0.478 e. The molecule has 11 heteroatoms. The highest BCUT2D eigenvalue weighted by atomic mass is 16.5. The minimum absolute atomic E-state index is 0.0349. The molecule has 142 valence electrons. The Hall–Kier alpha value is -3.86. The number of amides is 1. The number of carbonyl (C=O) groups excluding carboxylic acids is 3. The second-order valence-corrected chi connectivity index (χ2v) is 4.63. The van der Waals surface area contributed by atoms with Crippen molar-refractivity contribution in [2.24, 2.45) is 5.84 Å². The van der Waals surface area contributed by atoms with Crippen LogP contribution in [-0.4, -0.2) is 53.1 Å². The van der Waals surface area contributed by atoms with Crippen molar-refractivity contribution in [3.8, 4) is 0 Å². The molecule has 0 saturated heterocycles. The number of methoxy groups -OCH3 is 2. The predicted octanol–water partition coefficient (Wildman–Crippen LogP) is 0.0381. The largest absolute Gasteiger partial charge is 0.478 e. The maximum atomic E-state index is 11.0. The third-order valence-corrected chi connectivity index (χ3v) is 2.96. The van der Waals surface area contributed by atoms with Crippen LogP contribution in [0.25, 0.3) is 0 Å². The number of carboxylic acid groups (broad SMARTS) is 1. The zero-order valence-corrected chi connectivity index (χ0v) is 14.3. The number of esters is 2. The topological polar surface area (TPSA) is 171 Å². The van der Waals surface area contributed by atoms with Crippen LogP contribution in [0.4, 0.5) is 0 Å². The van der Waals surface area contributed by atoms with Crippen molar-refractivity contribution in [1.82, 2.24) is 15.4 Å². The van der Waals surface area contributed by atoms with E-state index in [2.05, 4.69) is 19.4 Å². The summed E-state index contributed by atoms with van der Waals surface area (Å²) < 4.78 is 8.82. The van der Waals surface area contributed by atoms with Crippen LogP contribution in [0.2, 0.25) is 0 Å². The summed E-state index contributed by atoms with van der Waals surface area (Å²) in [5, 5.41) is 8.52. The Labute approximate surface area is 153 Å². The maximum absolute atomic E-state index is 11.0. The number of rotatable bonds is 4. The van der Waals surface area contributed by atoms with E-state index in [0.717, 1.165) is 6.20 Å². The van der Waals surface area contributed by atoms with E-state index in [1.807, 2.05) is 5.43 Å². The highest BCUT2D eigenvalue weighted by Gasteiger charge is 2.09. The number of hydrogen-bond acceptors (Lipinski definition) is 9. The molecule has 0 atom stereocenters. The first-order valence-electron chi connectivity index (χ1n) is 7.17. The molecule has 0 bridgehead atoms. The van der Waals surface area contributed by atoms with Gasteiger partial charge in [0.15, 0.2) is 0 Å². The molecule has 2 rings (SSSR count). The van der Waals surface area contributed by atoms with Gasteiger partial charge in [0.2, 0.25) is 0 Å². The van der Waals surface area contributed by atoms with Crippen LogP contribution >= 0.6 is 0 Å². The van der Waals surface area contributed by atoms with Gasteiger partial charge >= 0.3 is 17.9 Å². The molecule has 2 aromatic heterocycles. The summed E-state index contributed by atoms with van der Waals surface area (Å²) in [7, 11) is 2.49. The third-order valence-electron chi connectivity index (χ3n) is 2.96. The first-order chi connectivity index (χ1) is 12.8. The lowest BCUT2D eigenvalue weighted by Gasteiger charge is -2.00. The number of aromatic carboxylic acids is 1. The first kappa shape index (κ1) is 21.2. The molecular formula is C16H16N4O7. The molecule has 0 aliphatic rings. The summed E-state index contributed by atoms with van der Waals surface area (Å²) in [6, 6.07) is 5.41. The lowest BCUT2D eigenvalue weighted by molar-refractivity contribution is 0.0585. The molecule has 0 fully saturated rings. The first-order valence-corrected chi connectivity index (χ1v) is 7.17. The fourth-order valence-corrected chi connectivity index (χ4v) is 1.58. The number of nitrogen functional groups attached to an aromatic ring is 1. The second-order valence-electron chi connectivity index (χ2n) is 4.63. The van der Waals surface area contributed by atoms with Crippen molar-refractivity contribution in [3.05, 3.63) is 59.2 Å². The zero-order chi connectivity index (χ0) is 20.4. The number of nitrogens with zero attached hydrogens (tertiary/aromatic N) is 2. The molecule has 11 nitrogen and oxygen atoms in total. The lowest BCUT2D eigenvalue weighted by Crippen LogP contribution is -2.30. The summed E-state index contributed by atoms with van der Waals surface area (Å²) in [5.41, 5.74) is 2.49. The number of pyridine rings is 2. The SMILES string of the molecule is COC(=O)c1ccc(C(=O)NN)cn1.COC(=O)c1ccc(C(=O)O)cn1. The Kier molecular flexibility index (Phi) is 8.01. The number of nitrogens with two attached hydrogens (primary N) is 1. The van der Waals surface area contributed by atoms with Gasteiger partial charge in [-0.15, -0.1) is 0 Å². The summed E-state index contributed by atoms with van der Waals surface area (Å²) in [4.78, 5) is 50.5. The van der Waals surface area contributed by atoms with Crippen molar-refractivity contribution in [3.63, 3.8) is 0 Å². The van der Waals surface area contributed by atoms with Crippen molar-refractivity contribution >= 4 is 23.8 Å². The van der Waals surface area contributed by atoms with Gasteiger partial charge in [0, 0.05) is 12.4 Å². The van der Waals surface area contributed by atoms with Crippen LogP contribution in [0.5, 0.6) is 0 Å². The quantitative estimate of drug-likeness (QED) is 0.286. The Morgan fingerprint density at radius 2 is 1.33 bits per heavy atom. The lowest BCUT2D eigenvalue weighted by atomic mass is 10.2. The molecule has 0 spiro atoms. The Balaban J connectivity index is 0.000000271. The van der Waals surface area contributed by atoms with Gasteiger partial charge in [0.1, 0.15) is 11.4 Å². The highest BCUT2D eigenvalue weighted by molar-refractivity contribution is 5.94. The molecule has 27 heavy (non-hydrogen) atoms. The van der Waals surface area contributed by atoms with Crippen LogP contribution in [0, 0.1) is 0 Å². The Morgan fingerprint density at radius 1 is 0.889 bits per heavy atom. The molecule has 4 N–H and O–H groups in total. The van der Waals surface area contributed by atoms with Gasteiger partial charge in [-0.3, -0.25) is 10.2 Å². The van der Waals surface area contributed by atoms with Gasteiger partial charge in [-0.05, 0) is 24.3 Å². The molecule has 0 saturated carbocycles. The standard InChI is InChI=1S/C8H9N3O3.C8H7NO4/c1-14-8(13)6-3-2-5(4-10-6)7(12)11-9;1-13-8(12)6-3-2-5(4-9-6)7(10)11/h2-4H,9H2,1H3,(H,11,12);2-4H,1H3,(H,10,11). The van der Waals surface area contributed by atoms with E-state index < -0.39 is 23.8 Å². The molecule has 2 heterocycles. The predicted molar refractivity (Wildman–Crippen MR) is 89.8 cm³/mol. The van der Waals surface area contributed by atoms with Crippen molar-refractivity contribution in [2.75, 3.05) is 14.2 Å². The number of carbonyl (C=O) groups is 4. The number of hydrazine groups is 1. The minimum atomic E-state index is -1.08. The molecule has 0 aliphatic heterocycles. The van der Waals surface area contributed by atoms with E-state index in [-0.39, 0.29) is 22.5 Å². The fraction of sp³-hybridized carbons (Fsp3) is 0.125. The van der Waals surface area contributed by atoms with Gasteiger partial charge in [0.25, 0.3) is 5.91 Å². The number of carboxylic acids is 1. The number of nitrogens with one attached hydrogen (secondary N) is 1. The fourth-order valence-electron chi connectivity index (χ4n) is 1.58. The smallest absolute Gasteiger partial charge is 0.356 e.